The van der Waals surface area contributed by atoms with Gasteiger partial charge in [0, 0.05) is 29.0 Å². The molecule has 1 aromatic carbocycles. The maximum atomic E-state index is 5.36. The van der Waals surface area contributed by atoms with Gasteiger partial charge in [0.15, 0.2) is 11.7 Å². The molecule has 0 radical (unpaired) electrons. The molecule has 6 heteroatoms. The van der Waals surface area contributed by atoms with Gasteiger partial charge in [0.05, 0.1) is 5.69 Å². The van der Waals surface area contributed by atoms with Crippen molar-refractivity contribution in [2.45, 2.75) is 51.6 Å². The van der Waals surface area contributed by atoms with Crippen LogP contribution < -0.4 is 10.6 Å². The average molecular weight is 405 g/mol. The first kappa shape index (κ1) is 18.0. The van der Waals surface area contributed by atoms with Crippen molar-refractivity contribution in [2.75, 3.05) is 6.54 Å². The van der Waals surface area contributed by atoms with Gasteiger partial charge in [-0.05, 0) is 37.0 Å². The summed E-state index contributed by atoms with van der Waals surface area (Å²) in [6.07, 6.45) is 1.13. The van der Waals surface area contributed by atoms with Crippen LogP contribution in [0.5, 0.6) is 0 Å². The molecule has 1 aliphatic carbocycles. The summed E-state index contributed by atoms with van der Waals surface area (Å²) < 4.78 is 6.47. The SMILES string of the molecule is CCNC(=NCc1cc(C(C)C)no1)NC1CC1c1ccc(Br)cc1. The summed E-state index contributed by atoms with van der Waals surface area (Å²) in [5.41, 5.74) is 2.34. The number of nitrogens with zero attached hydrogens (tertiary/aromatic N) is 2. The zero-order chi connectivity index (χ0) is 17.8. The standard InChI is InChI=1S/C19H25BrN4O/c1-4-21-19(22-11-15-9-17(12(2)3)24-25-15)23-18-10-16(18)13-5-7-14(20)8-6-13/h5-9,12,16,18H,4,10-11H2,1-3H3,(H2,21,22,23). The van der Waals surface area contributed by atoms with E-state index >= 15 is 0 Å². The highest BCUT2D eigenvalue weighted by molar-refractivity contribution is 9.10. The van der Waals surface area contributed by atoms with Crippen molar-refractivity contribution in [1.29, 1.82) is 0 Å². The molecular formula is C19H25BrN4O. The number of nitrogens with one attached hydrogen (secondary N) is 2. The molecule has 0 aliphatic heterocycles. The molecule has 0 amide bonds. The molecule has 25 heavy (non-hydrogen) atoms. The van der Waals surface area contributed by atoms with Gasteiger partial charge in [-0.3, -0.25) is 0 Å². The molecule has 2 atom stereocenters. The Kier molecular flexibility index (Phi) is 5.78. The van der Waals surface area contributed by atoms with E-state index in [0.29, 0.717) is 24.4 Å². The van der Waals surface area contributed by atoms with E-state index in [1.54, 1.807) is 0 Å². The highest BCUT2D eigenvalue weighted by Crippen LogP contribution is 2.41. The fourth-order valence-corrected chi connectivity index (χ4v) is 3.03. The number of guanidine groups is 1. The second-order valence-corrected chi connectivity index (χ2v) is 7.63. The van der Waals surface area contributed by atoms with E-state index in [1.165, 1.54) is 5.56 Å². The van der Waals surface area contributed by atoms with Crippen LogP contribution in [-0.4, -0.2) is 23.7 Å². The molecule has 134 valence electrons. The number of aliphatic imine (C=N–C) groups is 1. The monoisotopic (exact) mass is 404 g/mol. The normalized spacial score (nSPS) is 20.0. The van der Waals surface area contributed by atoms with Crippen molar-refractivity contribution >= 4 is 21.9 Å². The van der Waals surface area contributed by atoms with Gasteiger partial charge in [-0.2, -0.15) is 0 Å². The van der Waals surface area contributed by atoms with Crippen molar-refractivity contribution in [3.63, 3.8) is 0 Å². The summed E-state index contributed by atoms with van der Waals surface area (Å²) in [4.78, 5) is 4.63. The van der Waals surface area contributed by atoms with E-state index in [9.17, 15) is 0 Å². The van der Waals surface area contributed by atoms with Crippen LogP contribution in [0.2, 0.25) is 0 Å². The van der Waals surface area contributed by atoms with E-state index in [2.05, 4.69) is 81.7 Å². The molecule has 0 bridgehead atoms. The summed E-state index contributed by atoms with van der Waals surface area (Å²) in [5.74, 6) is 2.54. The summed E-state index contributed by atoms with van der Waals surface area (Å²) in [6.45, 7) is 7.60. The first-order chi connectivity index (χ1) is 12.1. The molecule has 1 saturated carbocycles. The number of rotatable bonds is 6. The van der Waals surface area contributed by atoms with Crippen LogP contribution in [0.1, 0.15) is 56.0 Å². The third-order valence-corrected chi connectivity index (χ3v) is 4.85. The van der Waals surface area contributed by atoms with Crippen LogP contribution in [0.25, 0.3) is 0 Å². The number of aromatic nitrogens is 1. The molecular weight excluding hydrogens is 380 g/mol. The fraction of sp³-hybridized carbons (Fsp3) is 0.474. The number of hydrogen-bond acceptors (Lipinski definition) is 3. The second kappa shape index (κ2) is 8.04. The highest BCUT2D eigenvalue weighted by atomic mass is 79.9. The topological polar surface area (TPSA) is 62.5 Å². The Labute approximate surface area is 157 Å². The second-order valence-electron chi connectivity index (χ2n) is 6.71. The van der Waals surface area contributed by atoms with Crippen LogP contribution in [0.15, 0.2) is 44.3 Å². The lowest BCUT2D eigenvalue weighted by Gasteiger charge is -2.11. The Balaban J connectivity index is 1.58. The first-order valence-electron chi connectivity index (χ1n) is 8.82. The summed E-state index contributed by atoms with van der Waals surface area (Å²) in [6, 6.07) is 11.0. The Morgan fingerprint density at radius 2 is 2.12 bits per heavy atom. The van der Waals surface area contributed by atoms with Crippen LogP contribution in [0.3, 0.4) is 0 Å². The van der Waals surface area contributed by atoms with Gasteiger partial charge < -0.3 is 15.2 Å². The molecule has 1 fully saturated rings. The molecule has 0 saturated heterocycles. The Bertz CT molecular complexity index is 723. The number of hydrogen-bond donors (Lipinski definition) is 2. The van der Waals surface area contributed by atoms with E-state index < -0.39 is 0 Å². The van der Waals surface area contributed by atoms with Gasteiger partial charge in [0.25, 0.3) is 0 Å². The van der Waals surface area contributed by atoms with Crippen molar-refractivity contribution in [2.24, 2.45) is 4.99 Å². The van der Waals surface area contributed by atoms with Gasteiger partial charge in [-0.1, -0.05) is 47.1 Å². The molecule has 0 spiro atoms. The minimum absolute atomic E-state index is 0.367. The van der Waals surface area contributed by atoms with Gasteiger partial charge in [-0.25, -0.2) is 4.99 Å². The molecule has 1 aliphatic rings. The van der Waals surface area contributed by atoms with E-state index in [-0.39, 0.29) is 0 Å². The minimum Gasteiger partial charge on any atom is -0.359 e. The van der Waals surface area contributed by atoms with Crippen molar-refractivity contribution in [3.8, 4) is 0 Å². The molecule has 2 aromatic rings. The summed E-state index contributed by atoms with van der Waals surface area (Å²) >= 11 is 3.49. The van der Waals surface area contributed by atoms with Crippen molar-refractivity contribution in [3.05, 3.63) is 51.8 Å². The molecule has 1 aromatic heterocycles. The third-order valence-electron chi connectivity index (χ3n) is 4.32. The lowest BCUT2D eigenvalue weighted by atomic mass is 10.1. The Hall–Kier alpha value is -1.82. The zero-order valence-electron chi connectivity index (χ0n) is 14.9. The predicted octanol–water partition coefficient (Wildman–Crippen LogP) is 4.17. The zero-order valence-corrected chi connectivity index (χ0v) is 16.5. The van der Waals surface area contributed by atoms with Gasteiger partial charge in [-0.15, -0.1) is 0 Å². The van der Waals surface area contributed by atoms with Crippen LogP contribution in [0, 0.1) is 0 Å². The molecule has 5 nitrogen and oxygen atoms in total. The highest BCUT2D eigenvalue weighted by Gasteiger charge is 2.38. The van der Waals surface area contributed by atoms with E-state index in [1.807, 2.05) is 6.07 Å². The average Bonchev–Trinajstić information content (AvgIpc) is 3.18. The minimum atomic E-state index is 0.367. The van der Waals surface area contributed by atoms with Gasteiger partial charge in [0.2, 0.25) is 0 Å². The smallest absolute Gasteiger partial charge is 0.191 e. The Morgan fingerprint density at radius 3 is 2.76 bits per heavy atom. The number of benzene rings is 1. The summed E-state index contributed by atoms with van der Waals surface area (Å²) in [5, 5.41) is 10.9. The van der Waals surface area contributed by atoms with Crippen molar-refractivity contribution < 1.29 is 4.52 Å². The first-order valence-corrected chi connectivity index (χ1v) is 9.62. The quantitative estimate of drug-likeness (QED) is 0.559. The number of halogens is 1. The van der Waals surface area contributed by atoms with E-state index in [4.69, 9.17) is 4.52 Å². The lowest BCUT2D eigenvalue weighted by Crippen LogP contribution is -2.39. The molecule has 2 N–H and O–H groups in total. The lowest BCUT2D eigenvalue weighted by molar-refractivity contribution is 0.376. The van der Waals surface area contributed by atoms with Crippen molar-refractivity contribution in [1.82, 2.24) is 15.8 Å². The van der Waals surface area contributed by atoms with Gasteiger partial charge >= 0.3 is 0 Å². The largest absolute Gasteiger partial charge is 0.359 e. The van der Waals surface area contributed by atoms with E-state index in [0.717, 1.165) is 34.9 Å². The molecule has 2 unspecified atom stereocenters. The Morgan fingerprint density at radius 1 is 1.36 bits per heavy atom. The maximum Gasteiger partial charge on any atom is 0.191 e. The van der Waals surface area contributed by atoms with Crippen LogP contribution >= 0.6 is 15.9 Å². The predicted molar refractivity (Wildman–Crippen MR) is 104 cm³/mol. The third kappa shape index (κ3) is 4.84. The van der Waals surface area contributed by atoms with Gasteiger partial charge in [0.1, 0.15) is 6.54 Å². The molecule has 3 rings (SSSR count). The molecule has 1 heterocycles. The fourth-order valence-electron chi connectivity index (χ4n) is 2.76. The van der Waals surface area contributed by atoms with Crippen LogP contribution in [0.4, 0.5) is 0 Å². The summed E-state index contributed by atoms with van der Waals surface area (Å²) in [7, 11) is 0. The maximum absolute atomic E-state index is 5.36. The van der Waals surface area contributed by atoms with Crippen LogP contribution in [-0.2, 0) is 6.54 Å².